The second kappa shape index (κ2) is 9.26. The SMILES string of the molecule is [Li+].[Li+].[O-]CCOc1c[c-]ccc1. The Morgan fingerprint density at radius 3 is 2.67 bits per heavy atom. The average Bonchev–Trinajstić information content (AvgIpc) is 2.03. The van der Waals surface area contributed by atoms with Gasteiger partial charge in [-0.05, 0) is 0 Å². The third-order valence-corrected chi connectivity index (χ3v) is 1.03. The van der Waals surface area contributed by atoms with Gasteiger partial charge in [0.05, 0.1) is 6.61 Å². The molecule has 0 N–H and O–H groups in total. The second-order valence-electron chi connectivity index (χ2n) is 1.79. The maximum absolute atomic E-state index is 9.97. The van der Waals surface area contributed by atoms with E-state index in [1.807, 2.05) is 6.07 Å². The molecule has 0 amide bonds. The monoisotopic (exact) mass is 150 g/mol. The Hall–Kier alpha value is 0.175. The third kappa shape index (κ3) is 5.78. The van der Waals surface area contributed by atoms with E-state index in [0.717, 1.165) is 0 Å². The van der Waals surface area contributed by atoms with E-state index in [1.54, 1.807) is 18.2 Å². The van der Waals surface area contributed by atoms with E-state index in [-0.39, 0.29) is 50.9 Å². The summed E-state index contributed by atoms with van der Waals surface area (Å²) in [5.41, 5.74) is 0. The van der Waals surface area contributed by atoms with Crippen molar-refractivity contribution < 1.29 is 47.6 Å². The van der Waals surface area contributed by atoms with Gasteiger partial charge in [0.25, 0.3) is 0 Å². The normalized spacial score (nSPS) is 7.75. The molecular formula is C8H8Li2O2. The van der Waals surface area contributed by atoms with Crippen LogP contribution in [0.25, 0.3) is 0 Å². The molecule has 0 aliphatic carbocycles. The van der Waals surface area contributed by atoms with E-state index in [4.69, 9.17) is 4.74 Å². The Morgan fingerprint density at radius 2 is 2.17 bits per heavy atom. The van der Waals surface area contributed by atoms with Gasteiger partial charge in [0.15, 0.2) is 0 Å². The molecule has 0 atom stereocenters. The largest absolute Gasteiger partial charge is 1.00 e. The fourth-order valence-electron chi connectivity index (χ4n) is 0.626. The first-order chi connectivity index (χ1) is 4.93. The summed E-state index contributed by atoms with van der Waals surface area (Å²) in [6, 6.07) is 9.95. The van der Waals surface area contributed by atoms with Gasteiger partial charge in [0, 0.05) is 5.75 Å². The van der Waals surface area contributed by atoms with Crippen molar-refractivity contribution in [3.05, 3.63) is 30.3 Å². The summed E-state index contributed by atoms with van der Waals surface area (Å²) in [7, 11) is 0. The van der Waals surface area contributed by atoms with Crippen LogP contribution in [-0.4, -0.2) is 13.2 Å². The zero-order valence-electron chi connectivity index (χ0n) is 7.54. The molecule has 0 aliphatic rings. The Labute approximate surface area is 96.7 Å². The minimum absolute atomic E-state index is 0. The third-order valence-electron chi connectivity index (χ3n) is 1.03. The molecule has 0 aromatic heterocycles. The molecule has 0 saturated heterocycles. The van der Waals surface area contributed by atoms with Crippen LogP contribution in [0, 0.1) is 6.07 Å². The van der Waals surface area contributed by atoms with Crippen LogP contribution < -0.4 is 47.6 Å². The second-order valence-corrected chi connectivity index (χ2v) is 1.79. The fraction of sp³-hybridized carbons (Fsp3) is 0.250. The molecule has 0 unspecified atom stereocenters. The molecule has 0 radical (unpaired) electrons. The molecule has 1 rings (SSSR count). The smallest absolute Gasteiger partial charge is 0.852 e. The van der Waals surface area contributed by atoms with Crippen molar-refractivity contribution in [2.75, 3.05) is 13.2 Å². The molecule has 0 saturated carbocycles. The Balaban J connectivity index is 0. The molecule has 0 fully saturated rings. The van der Waals surface area contributed by atoms with Gasteiger partial charge < -0.3 is 9.84 Å². The fourth-order valence-corrected chi connectivity index (χ4v) is 0.626. The van der Waals surface area contributed by atoms with Crippen molar-refractivity contribution in [1.29, 1.82) is 0 Å². The van der Waals surface area contributed by atoms with E-state index >= 15 is 0 Å². The van der Waals surface area contributed by atoms with E-state index in [2.05, 4.69) is 6.07 Å². The van der Waals surface area contributed by atoms with Gasteiger partial charge in [-0.2, -0.15) is 18.2 Å². The molecule has 1 aromatic rings. The molecule has 0 aliphatic heterocycles. The van der Waals surface area contributed by atoms with Crippen molar-refractivity contribution in [2.45, 2.75) is 0 Å². The zero-order chi connectivity index (χ0) is 7.23. The molecule has 0 heterocycles. The summed E-state index contributed by atoms with van der Waals surface area (Å²) < 4.78 is 5.01. The summed E-state index contributed by atoms with van der Waals surface area (Å²) in [5, 5.41) is 9.97. The van der Waals surface area contributed by atoms with Crippen molar-refractivity contribution >= 4 is 0 Å². The molecule has 1 aromatic carbocycles. The van der Waals surface area contributed by atoms with Gasteiger partial charge >= 0.3 is 37.7 Å². The number of hydrogen-bond donors (Lipinski definition) is 0. The molecule has 0 bridgehead atoms. The predicted molar refractivity (Wildman–Crippen MR) is 35.6 cm³/mol. The van der Waals surface area contributed by atoms with Crippen LogP contribution in [0.15, 0.2) is 24.3 Å². The van der Waals surface area contributed by atoms with Gasteiger partial charge in [-0.1, -0.05) is 0 Å². The van der Waals surface area contributed by atoms with E-state index in [9.17, 15) is 5.11 Å². The number of rotatable bonds is 3. The molecule has 2 nitrogen and oxygen atoms in total. The van der Waals surface area contributed by atoms with Crippen molar-refractivity contribution in [2.24, 2.45) is 0 Å². The first kappa shape index (κ1) is 14.7. The van der Waals surface area contributed by atoms with Crippen LogP contribution in [0.1, 0.15) is 0 Å². The van der Waals surface area contributed by atoms with E-state index in [1.165, 1.54) is 0 Å². The van der Waals surface area contributed by atoms with Crippen molar-refractivity contribution in [3.8, 4) is 5.75 Å². The minimum atomic E-state index is -0.200. The van der Waals surface area contributed by atoms with Crippen LogP contribution in [0.3, 0.4) is 0 Å². The molecule has 12 heavy (non-hydrogen) atoms. The van der Waals surface area contributed by atoms with Gasteiger partial charge in [0.2, 0.25) is 0 Å². The first-order valence-corrected chi connectivity index (χ1v) is 3.10. The Bertz CT molecular complexity index is 180. The average molecular weight is 150 g/mol. The van der Waals surface area contributed by atoms with Gasteiger partial charge in [-0.25, -0.2) is 0 Å². The number of hydrogen-bond acceptors (Lipinski definition) is 2. The van der Waals surface area contributed by atoms with Gasteiger partial charge in [-0.3, -0.25) is 0 Å². The molecule has 4 heteroatoms. The van der Waals surface area contributed by atoms with Crippen LogP contribution in [0.4, 0.5) is 0 Å². The first-order valence-electron chi connectivity index (χ1n) is 3.10. The minimum Gasteiger partial charge on any atom is -0.852 e. The van der Waals surface area contributed by atoms with E-state index in [0.29, 0.717) is 5.75 Å². The van der Waals surface area contributed by atoms with Gasteiger partial charge in [-0.15, -0.1) is 18.7 Å². The van der Waals surface area contributed by atoms with Crippen LogP contribution in [0.5, 0.6) is 5.75 Å². The standard InChI is InChI=1S/C8H8O2.2Li/c9-6-7-10-8-4-2-1-3-5-8;;/h1-2,4-5H,6-7H2;;/q-2;2*+1. The predicted octanol–water partition coefficient (Wildman–Crippen LogP) is -5.77. The maximum atomic E-state index is 9.97. The summed E-state index contributed by atoms with van der Waals surface area (Å²) in [6.45, 7) is 0.0345. The van der Waals surface area contributed by atoms with Crippen molar-refractivity contribution in [3.63, 3.8) is 0 Å². The quantitative estimate of drug-likeness (QED) is 0.317. The van der Waals surface area contributed by atoms with Crippen LogP contribution in [0.2, 0.25) is 0 Å². The van der Waals surface area contributed by atoms with Crippen LogP contribution in [-0.2, 0) is 0 Å². The summed E-state index contributed by atoms with van der Waals surface area (Å²) >= 11 is 0. The Morgan fingerprint density at radius 1 is 1.42 bits per heavy atom. The summed E-state index contributed by atoms with van der Waals surface area (Å²) in [6.07, 6.45) is 0. The number of benzene rings is 1. The molecule has 0 spiro atoms. The van der Waals surface area contributed by atoms with Crippen LogP contribution >= 0.6 is 0 Å². The topological polar surface area (TPSA) is 32.3 Å². The zero-order valence-corrected chi connectivity index (χ0v) is 7.54. The summed E-state index contributed by atoms with van der Waals surface area (Å²) in [5.74, 6) is 0.707. The summed E-state index contributed by atoms with van der Waals surface area (Å²) in [4.78, 5) is 0. The molecular weight excluding hydrogens is 142 g/mol. The Kier molecular flexibility index (Phi) is 11.3. The number of ether oxygens (including phenoxy) is 1. The molecule has 54 valence electrons. The van der Waals surface area contributed by atoms with E-state index < -0.39 is 0 Å². The maximum Gasteiger partial charge on any atom is 1.00 e. The van der Waals surface area contributed by atoms with Crippen molar-refractivity contribution in [1.82, 2.24) is 0 Å². The van der Waals surface area contributed by atoms with Gasteiger partial charge in [0.1, 0.15) is 0 Å².